The summed E-state index contributed by atoms with van der Waals surface area (Å²) in [6, 6.07) is 15.2. The van der Waals surface area contributed by atoms with Crippen LogP contribution < -0.4 is 14.9 Å². The largest absolute Gasteiger partial charge is 0.490 e. The molecule has 5 nitrogen and oxygen atoms in total. The van der Waals surface area contributed by atoms with Gasteiger partial charge in [0.2, 0.25) is 0 Å². The van der Waals surface area contributed by atoms with E-state index in [0.29, 0.717) is 18.1 Å². The minimum atomic E-state index is -0.0322. The Labute approximate surface area is 143 Å². The Kier molecular flexibility index (Phi) is 6.45. The predicted molar refractivity (Wildman–Crippen MR) is 94.1 cm³/mol. The fourth-order valence-corrected chi connectivity index (χ4v) is 2.25. The van der Waals surface area contributed by atoms with Gasteiger partial charge in [0, 0.05) is 10.0 Å². The zero-order valence-corrected chi connectivity index (χ0v) is 14.2. The first-order valence-corrected chi connectivity index (χ1v) is 7.84. The van der Waals surface area contributed by atoms with Crippen molar-refractivity contribution in [3.63, 3.8) is 0 Å². The molecule has 0 aliphatic rings. The molecule has 0 unspecified atom stereocenters. The van der Waals surface area contributed by atoms with Gasteiger partial charge in [0.15, 0.2) is 18.1 Å². The van der Waals surface area contributed by atoms with Crippen LogP contribution in [0.25, 0.3) is 0 Å². The van der Waals surface area contributed by atoms with Gasteiger partial charge in [-0.15, -0.1) is 0 Å². The number of nitriles is 1. The third-order valence-corrected chi connectivity index (χ3v) is 3.51. The maximum absolute atomic E-state index is 8.64. The van der Waals surface area contributed by atoms with Gasteiger partial charge in [0.25, 0.3) is 0 Å². The van der Waals surface area contributed by atoms with Gasteiger partial charge in [-0.3, -0.25) is 5.43 Å². The number of ether oxygens (including phenoxy) is 2. The van der Waals surface area contributed by atoms with E-state index in [4.69, 9.17) is 14.7 Å². The lowest BCUT2D eigenvalue weighted by Crippen LogP contribution is -2.01. The number of para-hydroxylation sites is 1. The van der Waals surface area contributed by atoms with E-state index in [1.54, 1.807) is 12.3 Å². The SMILES string of the molecule is CCOc1cc(/C=N\Nc2ccccc2)c(Br)cc1OCC#N. The molecule has 0 aliphatic carbocycles. The van der Waals surface area contributed by atoms with E-state index in [2.05, 4.69) is 26.5 Å². The molecule has 2 aromatic carbocycles. The summed E-state index contributed by atoms with van der Waals surface area (Å²) in [5, 5.41) is 12.9. The number of nitrogens with one attached hydrogen (secondary N) is 1. The standard InChI is InChI=1S/C17H16BrN3O2/c1-2-22-16-10-13(15(18)11-17(16)23-9-8-19)12-20-21-14-6-4-3-5-7-14/h3-7,10-12,21H,2,9H2,1H3/b20-12-. The second-order valence-corrected chi connectivity index (χ2v) is 5.29. The van der Waals surface area contributed by atoms with Crippen LogP contribution in [0.15, 0.2) is 52.0 Å². The third kappa shape index (κ3) is 5.01. The maximum Gasteiger partial charge on any atom is 0.174 e. The molecule has 118 valence electrons. The van der Waals surface area contributed by atoms with Crippen molar-refractivity contribution in [1.29, 1.82) is 5.26 Å². The molecule has 0 saturated carbocycles. The monoisotopic (exact) mass is 373 g/mol. The summed E-state index contributed by atoms with van der Waals surface area (Å²) < 4.78 is 11.7. The molecule has 0 heterocycles. The van der Waals surface area contributed by atoms with Crippen molar-refractivity contribution in [2.24, 2.45) is 5.10 Å². The first kappa shape index (κ1) is 16.8. The van der Waals surface area contributed by atoms with E-state index >= 15 is 0 Å². The highest BCUT2D eigenvalue weighted by Gasteiger charge is 2.10. The minimum Gasteiger partial charge on any atom is -0.490 e. The smallest absolute Gasteiger partial charge is 0.174 e. The van der Waals surface area contributed by atoms with Gasteiger partial charge in [-0.25, -0.2) is 0 Å². The van der Waals surface area contributed by atoms with Crippen molar-refractivity contribution < 1.29 is 9.47 Å². The first-order chi connectivity index (χ1) is 11.2. The number of benzene rings is 2. The number of hydrazone groups is 1. The Morgan fingerprint density at radius 3 is 2.65 bits per heavy atom. The van der Waals surface area contributed by atoms with Crippen molar-refractivity contribution in [3.8, 4) is 17.6 Å². The average Bonchev–Trinajstić information content (AvgIpc) is 2.57. The molecule has 0 aromatic heterocycles. The minimum absolute atomic E-state index is 0.0322. The summed E-state index contributed by atoms with van der Waals surface area (Å²) in [6.07, 6.45) is 1.69. The van der Waals surface area contributed by atoms with Gasteiger partial charge in [-0.1, -0.05) is 18.2 Å². The van der Waals surface area contributed by atoms with E-state index in [0.717, 1.165) is 15.7 Å². The molecular weight excluding hydrogens is 358 g/mol. The third-order valence-electron chi connectivity index (χ3n) is 2.83. The quantitative estimate of drug-likeness (QED) is 0.583. The molecule has 0 fully saturated rings. The van der Waals surface area contributed by atoms with Crippen molar-refractivity contribution in [2.75, 3.05) is 18.6 Å². The molecule has 0 aliphatic heterocycles. The molecule has 0 bridgehead atoms. The van der Waals surface area contributed by atoms with Crippen molar-refractivity contribution in [1.82, 2.24) is 0 Å². The van der Waals surface area contributed by atoms with Crippen molar-refractivity contribution in [3.05, 3.63) is 52.5 Å². The average molecular weight is 374 g/mol. The number of nitrogens with zero attached hydrogens (tertiary/aromatic N) is 2. The lowest BCUT2D eigenvalue weighted by molar-refractivity contribution is 0.298. The lowest BCUT2D eigenvalue weighted by atomic mass is 10.2. The van der Waals surface area contributed by atoms with Gasteiger partial charge in [0.05, 0.1) is 18.5 Å². The molecule has 23 heavy (non-hydrogen) atoms. The molecule has 0 spiro atoms. The number of halogens is 1. The second kappa shape index (κ2) is 8.81. The van der Waals surface area contributed by atoms with Crippen LogP contribution in [0, 0.1) is 11.3 Å². The number of hydrogen-bond donors (Lipinski definition) is 1. The first-order valence-electron chi connectivity index (χ1n) is 7.04. The number of anilines is 1. The summed E-state index contributed by atoms with van der Waals surface area (Å²) in [5.74, 6) is 1.10. The van der Waals surface area contributed by atoms with Gasteiger partial charge in [-0.05, 0) is 47.1 Å². The van der Waals surface area contributed by atoms with E-state index in [9.17, 15) is 0 Å². The molecule has 0 saturated heterocycles. The van der Waals surface area contributed by atoms with Crippen LogP contribution in [-0.4, -0.2) is 19.4 Å². The Morgan fingerprint density at radius 2 is 1.96 bits per heavy atom. The highest BCUT2D eigenvalue weighted by molar-refractivity contribution is 9.10. The molecular formula is C17H16BrN3O2. The van der Waals surface area contributed by atoms with E-state index in [1.165, 1.54) is 0 Å². The van der Waals surface area contributed by atoms with Gasteiger partial charge >= 0.3 is 0 Å². The Balaban J connectivity index is 2.17. The van der Waals surface area contributed by atoms with Crippen LogP contribution in [-0.2, 0) is 0 Å². The van der Waals surface area contributed by atoms with Crippen LogP contribution in [0.4, 0.5) is 5.69 Å². The van der Waals surface area contributed by atoms with E-state index < -0.39 is 0 Å². The van der Waals surface area contributed by atoms with Gasteiger partial charge < -0.3 is 9.47 Å². The highest BCUT2D eigenvalue weighted by Crippen LogP contribution is 2.33. The second-order valence-electron chi connectivity index (χ2n) is 4.44. The van der Waals surface area contributed by atoms with Gasteiger partial charge in [-0.2, -0.15) is 10.4 Å². The predicted octanol–water partition coefficient (Wildman–Crippen LogP) is 4.20. The Bertz CT molecular complexity index is 712. The molecule has 1 N–H and O–H groups in total. The van der Waals surface area contributed by atoms with Crippen LogP contribution in [0.3, 0.4) is 0 Å². The van der Waals surface area contributed by atoms with E-state index in [1.807, 2.05) is 49.4 Å². The zero-order valence-electron chi connectivity index (χ0n) is 12.6. The highest BCUT2D eigenvalue weighted by atomic mass is 79.9. The molecule has 2 rings (SSSR count). The summed E-state index contributed by atoms with van der Waals surface area (Å²) >= 11 is 3.47. The fraction of sp³-hybridized carbons (Fsp3) is 0.176. The Morgan fingerprint density at radius 1 is 1.22 bits per heavy atom. The molecule has 0 amide bonds. The zero-order chi connectivity index (χ0) is 16.5. The fourth-order valence-electron chi connectivity index (χ4n) is 1.83. The summed E-state index contributed by atoms with van der Waals surface area (Å²) in [6.45, 7) is 2.36. The normalized spacial score (nSPS) is 10.3. The summed E-state index contributed by atoms with van der Waals surface area (Å²) in [7, 11) is 0. The summed E-state index contributed by atoms with van der Waals surface area (Å²) in [4.78, 5) is 0. The summed E-state index contributed by atoms with van der Waals surface area (Å²) in [5.41, 5.74) is 4.69. The van der Waals surface area contributed by atoms with Crippen LogP contribution >= 0.6 is 15.9 Å². The Hall–Kier alpha value is -2.52. The number of rotatable bonds is 7. The van der Waals surface area contributed by atoms with Crippen molar-refractivity contribution in [2.45, 2.75) is 6.92 Å². The molecule has 2 aromatic rings. The van der Waals surface area contributed by atoms with Gasteiger partial charge in [0.1, 0.15) is 6.07 Å². The topological polar surface area (TPSA) is 66.6 Å². The van der Waals surface area contributed by atoms with E-state index in [-0.39, 0.29) is 6.61 Å². The molecule has 0 radical (unpaired) electrons. The molecule has 0 atom stereocenters. The number of hydrogen-bond acceptors (Lipinski definition) is 5. The van der Waals surface area contributed by atoms with Crippen LogP contribution in [0.1, 0.15) is 12.5 Å². The van der Waals surface area contributed by atoms with Crippen LogP contribution in [0.5, 0.6) is 11.5 Å². The van der Waals surface area contributed by atoms with Crippen LogP contribution in [0.2, 0.25) is 0 Å². The molecule has 6 heteroatoms. The van der Waals surface area contributed by atoms with Crippen molar-refractivity contribution >= 4 is 27.8 Å². The maximum atomic E-state index is 8.64. The lowest BCUT2D eigenvalue weighted by Gasteiger charge is -2.12.